The molecule has 1 fully saturated rings. The molecular weight excluding hydrogens is 381 g/mol. The van der Waals surface area contributed by atoms with Crippen LogP contribution in [-0.4, -0.2) is 72.1 Å². The molecule has 6 nitrogen and oxygen atoms in total. The Morgan fingerprint density at radius 3 is 2.50 bits per heavy atom. The molecule has 2 heterocycles. The van der Waals surface area contributed by atoms with Crippen molar-refractivity contribution in [2.75, 3.05) is 5.75 Å². The van der Waals surface area contributed by atoms with Crippen molar-refractivity contribution in [3.63, 3.8) is 0 Å². The van der Waals surface area contributed by atoms with Crippen LogP contribution in [0.3, 0.4) is 0 Å². The highest BCUT2D eigenvalue weighted by Crippen LogP contribution is 2.33. The zero-order valence-corrected chi connectivity index (χ0v) is 17.2. The summed E-state index contributed by atoms with van der Waals surface area (Å²) in [6, 6.07) is -0.581. The van der Waals surface area contributed by atoms with E-state index in [-0.39, 0.29) is 18.1 Å². The van der Waals surface area contributed by atoms with Crippen LogP contribution in [0.25, 0.3) is 0 Å². The third kappa shape index (κ3) is 5.27. The molecule has 0 aromatic heterocycles. The van der Waals surface area contributed by atoms with Gasteiger partial charge in [-0.15, -0.1) is 11.8 Å². The average molecular weight is 412 g/mol. The number of halogens is 1. The molecule has 152 valence electrons. The number of aliphatic hydroxyl groups excluding tert-OH is 3. The highest BCUT2D eigenvalue weighted by Gasteiger charge is 2.48. The van der Waals surface area contributed by atoms with Crippen LogP contribution >= 0.6 is 11.8 Å². The Morgan fingerprint density at radius 2 is 1.88 bits per heavy atom. The number of hydrogen-bond donors (Lipinski definition) is 4. The van der Waals surface area contributed by atoms with Gasteiger partial charge in [-0.2, -0.15) is 0 Å². The number of hydrogen-bond acceptors (Lipinski definition) is 6. The van der Waals surface area contributed by atoms with E-state index in [9.17, 15) is 23.9 Å². The topological polar surface area (TPSA) is 99.0 Å². The summed E-state index contributed by atoms with van der Waals surface area (Å²) in [7, 11) is -1.43. The van der Waals surface area contributed by atoms with Crippen molar-refractivity contribution in [3.05, 3.63) is 12.2 Å². The Morgan fingerprint density at radius 1 is 1.23 bits per heavy atom. The molecule has 2 rings (SSSR count). The molecular formula is C17H30FNO5S2. The maximum absolute atomic E-state index is 14.0. The first-order valence-electron chi connectivity index (χ1n) is 8.82. The molecule has 0 aromatic carbocycles. The smallest absolute Gasteiger partial charge is 0.132 e. The molecule has 9 heteroatoms. The molecule has 2 bridgehead atoms. The second-order valence-corrected chi connectivity index (χ2v) is 11.0. The predicted octanol–water partition coefficient (Wildman–Crippen LogP) is 0.882. The highest BCUT2D eigenvalue weighted by atomic mass is 32.2. The van der Waals surface area contributed by atoms with Gasteiger partial charge in [-0.3, -0.25) is 0 Å². The fourth-order valence-electron chi connectivity index (χ4n) is 2.91. The van der Waals surface area contributed by atoms with Crippen molar-refractivity contribution < 1.29 is 28.7 Å². The monoisotopic (exact) mass is 411 g/mol. The number of fused-ring (bicyclic) bond motifs is 2. The summed E-state index contributed by atoms with van der Waals surface area (Å²) in [6.07, 6.45) is -2.32. The van der Waals surface area contributed by atoms with E-state index in [1.54, 1.807) is 6.08 Å². The van der Waals surface area contributed by atoms with Gasteiger partial charge in [0, 0.05) is 5.75 Å². The molecule has 2 aliphatic heterocycles. The van der Waals surface area contributed by atoms with Gasteiger partial charge in [-0.05, 0) is 33.1 Å². The fourth-order valence-corrected chi connectivity index (χ4v) is 4.96. The molecule has 26 heavy (non-hydrogen) atoms. The Bertz CT molecular complexity index is 530. The van der Waals surface area contributed by atoms with Crippen LogP contribution in [0.15, 0.2) is 12.2 Å². The van der Waals surface area contributed by atoms with Gasteiger partial charge in [0.05, 0.1) is 21.8 Å². The van der Waals surface area contributed by atoms with Crippen LogP contribution in [0, 0.1) is 5.92 Å². The van der Waals surface area contributed by atoms with Gasteiger partial charge < -0.3 is 20.1 Å². The third-order valence-electron chi connectivity index (χ3n) is 4.60. The first kappa shape index (κ1) is 22.3. The predicted molar refractivity (Wildman–Crippen MR) is 102 cm³/mol. The quantitative estimate of drug-likeness (QED) is 0.504. The Kier molecular flexibility index (Phi) is 7.69. The second-order valence-electron chi connectivity index (χ2n) is 7.92. The molecule has 1 saturated heterocycles. The number of nitrogens with one attached hydrogen (secondary N) is 1. The highest BCUT2D eigenvalue weighted by molar-refractivity contribution is 7.99. The number of ether oxygens (including phenoxy) is 1. The number of thioether (sulfide) groups is 1. The summed E-state index contributed by atoms with van der Waals surface area (Å²) < 4.78 is 35.0. The van der Waals surface area contributed by atoms with Crippen LogP contribution in [0.2, 0.25) is 0 Å². The van der Waals surface area contributed by atoms with Gasteiger partial charge in [-0.1, -0.05) is 19.1 Å². The summed E-state index contributed by atoms with van der Waals surface area (Å²) in [5, 5.41) is 30.9. The number of aliphatic hydroxyl groups is 3. The van der Waals surface area contributed by atoms with Crippen LogP contribution in [0.5, 0.6) is 0 Å². The molecule has 0 unspecified atom stereocenters. The number of alkyl halides is 1. The Balaban J connectivity index is 2.34. The summed E-state index contributed by atoms with van der Waals surface area (Å²) in [4.78, 5) is 0. The van der Waals surface area contributed by atoms with Crippen LogP contribution in [0.4, 0.5) is 4.39 Å². The molecule has 9 atom stereocenters. The summed E-state index contributed by atoms with van der Waals surface area (Å²) >= 11 is 1.08. The standard InChI is InChI=1S/C17H30FNO5S2/c1-9-6-5-7-10(18)8-25-16-14(22)12(20)13(21)15(24-16)11(9)19-26(23)17(2,3)4/h5-6,9-16,19-22H,7-8H2,1-4H3/b6-5-/t9-,10-,11-,12+,13-,14-,15-,16-,26-/m1/s1. The van der Waals surface area contributed by atoms with E-state index in [1.807, 2.05) is 33.8 Å². The first-order valence-corrected chi connectivity index (χ1v) is 11.0. The van der Waals surface area contributed by atoms with Gasteiger partial charge in [0.2, 0.25) is 0 Å². The minimum absolute atomic E-state index is 0.113. The molecule has 4 N–H and O–H groups in total. The van der Waals surface area contributed by atoms with E-state index >= 15 is 0 Å². The average Bonchev–Trinajstić information content (AvgIpc) is 2.57. The van der Waals surface area contributed by atoms with Gasteiger partial charge in [-0.25, -0.2) is 13.3 Å². The maximum Gasteiger partial charge on any atom is 0.132 e. The zero-order chi connectivity index (χ0) is 19.6. The van der Waals surface area contributed by atoms with Crippen molar-refractivity contribution in [1.82, 2.24) is 4.72 Å². The lowest BCUT2D eigenvalue weighted by Crippen LogP contribution is -2.64. The van der Waals surface area contributed by atoms with Crippen LogP contribution in [-0.2, 0) is 15.7 Å². The van der Waals surface area contributed by atoms with E-state index < -0.39 is 57.8 Å². The van der Waals surface area contributed by atoms with Gasteiger partial charge >= 0.3 is 0 Å². The van der Waals surface area contributed by atoms with Crippen molar-refractivity contribution in [1.29, 1.82) is 0 Å². The Labute approximate surface area is 161 Å². The molecule has 0 amide bonds. The Hall–Kier alpha value is -0.0300. The molecule has 0 saturated carbocycles. The molecule has 0 radical (unpaired) electrons. The van der Waals surface area contributed by atoms with Crippen molar-refractivity contribution in [3.8, 4) is 0 Å². The summed E-state index contributed by atoms with van der Waals surface area (Å²) in [5.74, 6) is -0.124. The normalized spacial score (nSPS) is 44.8. The van der Waals surface area contributed by atoms with E-state index in [1.165, 1.54) is 0 Å². The lowest BCUT2D eigenvalue weighted by atomic mass is 9.88. The van der Waals surface area contributed by atoms with E-state index in [0.29, 0.717) is 0 Å². The van der Waals surface area contributed by atoms with Crippen LogP contribution in [0.1, 0.15) is 34.1 Å². The minimum Gasteiger partial charge on any atom is -0.388 e. The fraction of sp³-hybridized carbons (Fsp3) is 0.882. The molecule has 0 aromatic rings. The lowest BCUT2D eigenvalue weighted by molar-refractivity contribution is -0.205. The summed E-state index contributed by atoms with van der Waals surface area (Å²) in [6.45, 7) is 7.33. The molecule has 2 aliphatic rings. The van der Waals surface area contributed by atoms with Gasteiger partial charge in [0.25, 0.3) is 0 Å². The van der Waals surface area contributed by atoms with Crippen molar-refractivity contribution in [2.24, 2.45) is 5.92 Å². The van der Waals surface area contributed by atoms with Crippen LogP contribution < -0.4 is 4.72 Å². The molecule has 0 aliphatic carbocycles. The van der Waals surface area contributed by atoms with Gasteiger partial charge in [0.1, 0.15) is 36.0 Å². The van der Waals surface area contributed by atoms with E-state index in [2.05, 4.69) is 4.72 Å². The van der Waals surface area contributed by atoms with Gasteiger partial charge in [0.15, 0.2) is 0 Å². The first-order chi connectivity index (χ1) is 12.0. The largest absolute Gasteiger partial charge is 0.388 e. The zero-order valence-electron chi connectivity index (χ0n) is 15.5. The van der Waals surface area contributed by atoms with E-state index in [0.717, 1.165) is 11.8 Å². The number of rotatable bonds is 2. The van der Waals surface area contributed by atoms with E-state index in [4.69, 9.17) is 4.74 Å². The SMILES string of the molecule is C[C@@H]1/C=C\C[C@@H](F)CS[C@H]2O[C@@H]([C@H](O)[C@H](O)[C@H]2O)[C@@H]1N[S@](=O)C(C)(C)C. The second kappa shape index (κ2) is 8.98. The molecule has 0 spiro atoms. The lowest BCUT2D eigenvalue weighted by Gasteiger charge is -2.44. The maximum atomic E-state index is 14.0. The third-order valence-corrected chi connectivity index (χ3v) is 7.47. The number of allylic oxidation sites excluding steroid dienone is 1. The van der Waals surface area contributed by atoms with Crippen molar-refractivity contribution in [2.45, 2.75) is 80.9 Å². The minimum atomic E-state index is -1.43. The summed E-state index contributed by atoms with van der Waals surface area (Å²) in [5.41, 5.74) is -0.866. The van der Waals surface area contributed by atoms with Crippen molar-refractivity contribution >= 4 is 22.7 Å².